The summed E-state index contributed by atoms with van der Waals surface area (Å²) >= 11 is 0. The van der Waals surface area contributed by atoms with Crippen molar-refractivity contribution >= 4 is 17.7 Å². The van der Waals surface area contributed by atoms with Crippen LogP contribution in [0, 0.1) is 11.8 Å². The number of hydrogen-bond donors (Lipinski definition) is 2. The molecule has 3 fully saturated rings. The van der Waals surface area contributed by atoms with E-state index in [0.717, 1.165) is 38.5 Å². The number of carbonyl (C=O) groups excluding carboxylic acids is 3. The standard InChI is InChI=1S/C20H33N3O3/c1-22(2)20(11-6-3-7-12-20)14-21-17(24)10-13-23-18(25)15-8-4-5-9-16(15)19(23)26/h15-16H,3-14H2,1-2H3,(H,21,24)/p+1/t15-,16-/m0/s1. The van der Waals surface area contributed by atoms with Crippen LogP contribution in [0.2, 0.25) is 0 Å². The Balaban J connectivity index is 1.49. The molecule has 2 N–H and O–H groups in total. The van der Waals surface area contributed by atoms with Gasteiger partial charge in [0.2, 0.25) is 17.7 Å². The first-order chi connectivity index (χ1) is 12.4. The molecule has 0 unspecified atom stereocenters. The molecule has 0 spiro atoms. The number of carbonyl (C=O) groups is 3. The minimum absolute atomic E-state index is 0.0472. The van der Waals surface area contributed by atoms with Crippen molar-refractivity contribution < 1.29 is 19.3 Å². The first-order valence-corrected chi connectivity index (χ1v) is 10.4. The molecule has 3 amide bonds. The van der Waals surface area contributed by atoms with E-state index in [1.807, 2.05) is 0 Å². The predicted molar refractivity (Wildman–Crippen MR) is 98.4 cm³/mol. The molecule has 3 aliphatic rings. The molecule has 0 aromatic heterocycles. The molecule has 6 heteroatoms. The molecule has 26 heavy (non-hydrogen) atoms. The van der Waals surface area contributed by atoms with Gasteiger partial charge in [0.15, 0.2) is 0 Å². The molecule has 1 heterocycles. The number of likely N-dealkylation sites (N-methyl/N-ethyl adjacent to an activating group) is 1. The van der Waals surface area contributed by atoms with Crippen molar-refractivity contribution in [2.24, 2.45) is 11.8 Å². The average molecular weight is 365 g/mol. The summed E-state index contributed by atoms with van der Waals surface area (Å²) in [5.41, 5.74) is 0.127. The molecule has 0 radical (unpaired) electrons. The quantitative estimate of drug-likeness (QED) is 0.675. The van der Waals surface area contributed by atoms with Crippen molar-refractivity contribution in [1.29, 1.82) is 0 Å². The lowest BCUT2D eigenvalue weighted by atomic mass is 9.80. The zero-order valence-electron chi connectivity index (χ0n) is 16.3. The van der Waals surface area contributed by atoms with Gasteiger partial charge in [0.1, 0.15) is 5.54 Å². The van der Waals surface area contributed by atoms with Gasteiger partial charge in [-0.15, -0.1) is 0 Å². The van der Waals surface area contributed by atoms with Gasteiger partial charge in [-0.2, -0.15) is 0 Å². The summed E-state index contributed by atoms with van der Waals surface area (Å²) in [6.07, 6.45) is 9.94. The Morgan fingerprint density at radius 2 is 1.62 bits per heavy atom. The van der Waals surface area contributed by atoms with E-state index in [4.69, 9.17) is 0 Å². The number of imide groups is 1. The molecule has 146 valence electrons. The van der Waals surface area contributed by atoms with E-state index in [9.17, 15) is 14.4 Å². The Labute approximate surface area is 156 Å². The van der Waals surface area contributed by atoms with Crippen LogP contribution in [-0.4, -0.2) is 55.3 Å². The Morgan fingerprint density at radius 3 is 2.15 bits per heavy atom. The fraction of sp³-hybridized carbons (Fsp3) is 0.850. The summed E-state index contributed by atoms with van der Waals surface area (Å²) in [5, 5.41) is 3.08. The highest BCUT2D eigenvalue weighted by Crippen LogP contribution is 2.37. The summed E-state index contributed by atoms with van der Waals surface area (Å²) in [6.45, 7) is 0.916. The molecule has 0 aromatic rings. The monoisotopic (exact) mass is 364 g/mol. The lowest BCUT2D eigenvalue weighted by molar-refractivity contribution is -0.916. The summed E-state index contributed by atoms with van der Waals surface area (Å²) < 4.78 is 0. The highest BCUT2D eigenvalue weighted by molar-refractivity contribution is 6.05. The van der Waals surface area contributed by atoms with Crippen LogP contribution in [-0.2, 0) is 14.4 Å². The van der Waals surface area contributed by atoms with Crippen LogP contribution in [0.1, 0.15) is 64.2 Å². The van der Waals surface area contributed by atoms with Crippen LogP contribution < -0.4 is 10.2 Å². The van der Waals surface area contributed by atoms with E-state index in [1.54, 1.807) is 0 Å². The first kappa shape index (κ1) is 19.3. The molecular formula is C20H34N3O3+. The van der Waals surface area contributed by atoms with Crippen LogP contribution in [0.4, 0.5) is 0 Å². The third kappa shape index (κ3) is 3.80. The van der Waals surface area contributed by atoms with Crippen LogP contribution in [0.15, 0.2) is 0 Å². The number of quaternary nitrogens is 1. The van der Waals surface area contributed by atoms with Gasteiger partial charge in [-0.25, -0.2) is 0 Å². The Morgan fingerprint density at radius 1 is 1.04 bits per heavy atom. The Bertz CT molecular complexity index is 531. The van der Waals surface area contributed by atoms with Gasteiger partial charge < -0.3 is 10.2 Å². The molecule has 1 aliphatic heterocycles. The number of hydrogen-bond acceptors (Lipinski definition) is 3. The van der Waals surface area contributed by atoms with Crippen LogP contribution in [0.5, 0.6) is 0 Å². The summed E-state index contributed by atoms with van der Waals surface area (Å²) in [4.78, 5) is 40.1. The number of rotatable bonds is 6. The highest BCUT2D eigenvalue weighted by Gasteiger charge is 2.48. The number of likely N-dealkylation sites (tertiary alicyclic amines) is 1. The maximum atomic E-state index is 12.5. The van der Waals surface area contributed by atoms with Gasteiger partial charge in [0.05, 0.1) is 32.5 Å². The second-order valence-corrected chi connectivity index (χ2v) is 8.69. The number of fused-ring (bicyclic) bond motifs is 1. The lowest BCUT2D eigenvalue weighted by Gasteiger charge is -2.39. The topological polar surface area (TPSA) is 70.9 Å². The third-order valence-electron chi connectivity index (χ3n) is 6.99. The lowest BCUT2D eigenvalue weighted by Crippen LogP contribution is -3.16. The van der Waals surface area contributed by atoms with E-state index >= 15 is 0 Å². The number of nitrogens with zero attached hydrogens (tertiary/aromatic N) is 1. The van der Waals surface area contributed by atoms with E-state index in [-0.39, 0.29) is 48.1 Å². The van der Waals surface area contributed by atoms with Gasteiger partial charge in [0, 0.05) is 25.8 Å². The fourth-order valence-corrected chi connectivity index (χ4v) is 5.10. The minimum Gasteiger partial charge on any atom is -0.350 e. The molecular weight excluding hydrogens is 330 g/mol. The van der Waals surface area contributed by atoms with Crippen molar-refractivity contribution in [2.45, 2.75) is 69.7 Å². The largest absolute Gasteiger partial charge is 0.350 e. The second kappa shape index (κ2) is 8.07. The number of amides is 3. The van der Waals surface area contributed by atoms with E-state index in [1.165, 1.54) is 29.1 Å². The maximum Gasteiger partial charge on any atom is 0.233 e. The summed E-state index contributed by atoms with van der Waals surface area (Å²) in [5.74, 6) is -0.390. The number of nitrogens with one attached hydrogen (secondary N) is 2. The summed E-state index contributed by atoms with van der Waals surface area (Å²) in [6, 6.07) is 0. The van der Waals surface area contributed by atoms with Crippen molar-refractivity contribution in [1.82, 2.24) is 10.2 Å². The molecule has 1 saturated heterocycles. The van der Waals surface area contributed by atoms with Crippen LogP contribution in [0.3, 0.4) is 0 Å². The van der Waals surface area contributed by atoms with Crippen molar-refractivity contribution in [3.63, 3.8) is 0 Å². The van der Waals surface area contributed by atoms with Crippen molar-refractivity contribution in [3.05, 3.63) is 0 Å². The molecule has 0 aromatic carbocycles. The molecule has 2 saturated carbocycles. The fourth-order valence-electron chi connectivity index (χ4n) is 5.10. The maximum absolute atomic E-state index is 12.5. The SMILES string of the molecule is C[NH+](C)C1(CNC(=O)CCN2C(=O)[C@H]3CCCC[C@@H]3C2=O)CCCCC1. The average Bonchev–Trinajstić information content (AvgIpc) is 2.90. The normalized spacial score (nSPS) is 28.3. The van der Waals surface area contributed by atoms with E-state index in [0.29, 0.717) is 6.54 Å². The predicted octanol–water partition coefficient (Wildman–Crippen LogP) is 0.515. The zero-order chi connectivity index (χ0) is 18.7. The minimum atomic E-state index is -0.123. The molecule has 2 aliphatic carbocycles. The van der Waals surface area contributed by atoms with Gasteiger partial charge in [-0.1, -0.05) is 19.3 Å². The van der Waals surface area contributed by atoms with Gasteiger partial charge >= 0.3 is 0 Å². The summed E-state index contributed by atoms with van der Waals surface area (Å²) in [7, 11) is 4.33. The van der Waals surface area contributed by atoms with Crippen molar-refractivity contribution in [2.75, 3.05) is 27.2 Å². The van der Waals surface area contributed by atoms with E-state index < -0.39 is 0 Å². The van der Waals surface area contributed by atoms with E-state index in [2.05, 4.69) is 19.4 Å². The Hall–Kier alpha value is -1.43. The molecule has 6 nitrogen and oxygen atoms in total. The smallest absolute Gasteiger partial charge is 0.233 e. The second-order valence-electron chi connectivity index (χ2n) is 8.69. The van der Waals surface area contributed by atoms with Gasteiger partial charge in [-0.05, 0) is 25.7 Å². The van der Waals surface area contributed by atoms with Crippen LogP contribution >= 0.6 is 0 Å². The Kier molecular flexibility index (Phi) is 6.00. The van der Waals surface area contributed by atoms with Gasteiger partial charge in [0.25, 0.3) is 0 Å². The highest BCUT2D eigenvalue weighted by atomic mass is 16.2. The van der Waals surface area contributed by atoms with Crippen LogP contribution in [0.25, 0.3) is 0 Å². The first-order valence-electron chi connectivity index (χ1n) is 10.4. The molecule has 3 rings (SSSR count). The third-order valence-corrected chi connectivity index (χ3v) is 6.99. The van der Waals surface area contributed by atoms with Crippen molar-refractivity contribution in [3.8, 4) is 0 Å². The van der Waals surface area contributed by atoms with Gasteiger partial charge in [-0.3, -0.25) is 19.3 Å². The molecule has 2 atom stereocenters. The molecule has 0 bridgehead atoms. The zero-order valence-corrected chi connectivity index (χ0v) is 16.3.